The lowest BCUT2D eigenvalue weighted by atomic mass is 10.3. The third-order valence-electron chi connectivity index (χ3n) is 2.61. The van der Waals surface area contributed by atoms with Gasteiger partial charge in [0.25, 0.3) is 0 Å². The van der Waals surface area contributed by atoms with Crippen LogP contribution in [0, 0.1) is 5.82 Å². The van der Waals surface area contributed by atoms with Gasteiger partial charge in [-0.2, -0.15) is 0 Å². The maximum atomic E-state index is 12.6. The van der Waals surface area contributed by atoms with Gasteiger partial charge in [-0.25, -0.2) is 14.4 Å². The number of halogens is 1. The van der Waals surface area contributed by atoms with Gasteiger partial charge in [-0.05, 0) is 0 Å². The third kappa shape index (κ3) is 3.63. The van der Waals surface area contributed by atoms with E-state index >= 15 is 0 Å². The molecule has 0 spiro atoms. The van der Waals surface area contributed by atoms with Crippen molar-refractivity contribution < 1.29 is 13.9 Å². The lowest BCUT2D eigenvalue weighted by Crippen LogP contribution is -2.41. The molecule has 2 heterocycles. The van der Waals surface area contributed by atoms with E-state index < -0.39 is 5.82 Å². The van der Waals surface area contributed by atoms with Crippen LogP contribution in [0.3, 0.4) is 0 Å². The molecule has 1 aliphatic rings. The number of carbonyl (C=O) groups excluding carboxylic acids is 1. The van der Waals surface area contributed by atoms with Crippen LogP contribution in [-0.4, -0.2) is 53.6 Å². The van der Waals surface area contributed by atoms with Crippen LogP contribution in [0.2, 0.25) is 0 Å². The van der Waals surface area contributed by atoms with E-state index in [4.69, 9.17) is 4.74 Å². The van der Waals surface area contributed by atoms with E-state index in [0.717, 1.165) is 12.4 Å². The molecule has 0 atom stereocenters. The molecular weight excluding hydrogens is 239 g/mol. The maximum Gasteiger partial charge on any atom is 0.224 e. The Morgan fingerprint density at radius 3 is 2.72 bits per heavy atom. The molecule has 1 fully saturated rings. The van der Waals surface area contributed by atoms with Gasteiger partial charge in [-0.3, -0.25) is 4.79 Å². The zero-order valence-corrected chi connectivity index (χ0v) is 9.93. The first-order valence-corrected chi connectivity index (χ1v) is 5.82. The largest absolute Gasteiger partial charge is 0.378 e. The van der Waals surface area contributed by atoms with Crippen LogP contribution in [0.15, 0.2) is 12.4 Å². The van der Waals surface area contributed by atoms with Crippen LogP contribution in [0.25, 0.3) is 0 Å². The van der Waals surface area contributed by atoms with Crippen molar-refractivity contribution in [3.63, 3.8) is 0 Å². The summed E-state index contributed by atoms with van der Waals surface area (Å²) in [6, 6.07) is 0. The molecule has 0 radical (unpaired) electrons. The minimum atomic E-state index is -0.482. The minimum absolute atomic E-state index is 0.0768. The van der Waals surface area contributed by atoms with Crippen LogP contribution >= 0.6 is 0 Å². The Labute approximate surface area is 104 Å². The highest BCUT2D eigenvalue weighted by atomic mass is 19.1. The van der Waals surface area contributed by atoms with E-state index in [2.05, 4.69) is 15.3 Å². The van der Waals surface area contributed by atoms with Crippen molar-refractivity contribution in [1.29, 1.82) is 0 Å². The molecule has 0 aliphatic carbocycles. The van der Waals surface area contributed by atoms with Gasteiger partial charge in [0.2, 0.25) is 11.9 Å². The zero-order chi connectivity index (χ0) is 12.8. The topological polar surface area (TPSA) is 67.4 Å². The number of aromatic nitrogens is 2. The van der Waals surface area contributed by atoms with E-state index in [-0.39, 0.29) is 5.91 Å². The number of hydrogen-bond donors (Lipinski definition) is 1. The summed E-state index contributed by atoms with van der Waals surface area (Å²) in [4.78, 5) is 21.0. The average molecular weight is 254 g/mol. The first kappa shape index (κ1) is 12.7. The second-order valence-electron chi connectivity index (χ2n) is 3.89. The summed E-state index contributed by atoms with van der Waals surface area (Å²) >= 11 is 0. The van der Waals surface area contributed by atoms with Crippen LogP contribution < -0.4 is 5.32 Å². The number of ether oxygens (including phenoxy) is 1. The van der Waals surface area contributed by atoms with Crippen molar-refractivity contribution in [1.82, 2.24) is 14.9 Å². The number of anilines is 1. The predicted octanol–water partition coefficient (Wildman–Crippen LogP) is 0.276. The molecule has 18 heavy (non-hydrogen) atoms. The maximum absolute atomic E-state index is 12.6. The fraction of sp³-hybridized carbons (Fsp3) is 0.545. The number of nitrogens with one attached hydrogen (secondary N) is 1. The molecule has 0 saturated carbocycles. The quantitative estimate of drug-likeness (QED) is 0.835. The van der Waals surface area contributed by atoms with Gasteiger partial charge >= 0.3 is 0 Å². The normalized spacial score (nSPS) is 15.5. The molecule has 6 nitrogen and oxygen atoms in total. The zero-order valence-electron chi connectivity index (χ0n) is 9.93. The molecule has 98 valence electrons. The smallest absolute Gasteiger partial charge is 0.224 e. The molecule has 2 rings (SSSR count). The lowest BCUT2D eigenvalue weighted by molar-refractivity contribution is -0.134. The minimum Gasteiger partial charge on any atom is -0.378 e. The number of carbonyl (C=O) groups is 1. The van der Waals surface area contributed by atoms with Crippen molar-refractivity contribution in [2.24, 2.45) is 0 Å². The van der Waals surface area contributed by atoms with Gasteiger partial charge in [-0.1, -0.05) is 0 Å². The number of amides is 1. The highest BCUT2D eigenvalue weighted by molar-refractivity contribution is 5.76. The van der Waals surface area contributed by atoms with Gasteiger partial charge in [0.1, 0.15) is 0 Å². The van der Waals surface area contributed by atoms with Crippen molar-refractivity contribution in [3.8, 4) is 0 Å². The van der Waals surface area contributed by atoms with Crippen molar-refractivity contribution in [3.05, 3.63) is 18.2 Å². The number of morpholine rings is 1. The van der Waals surface area contributed by atoms with Gasteiger partial charge in [0.15, 0.2) is 5.82 Å². The highest BCUT2D eigenvalue weighted by Crippen LogP contribution is 2.02. The van der Waals surface area contributed by atoms with Crippen molar-refractivity contribution >= 4 is 11.9 Å². The van der Waals surface area contributed by atoms with E-state index in [0.29, 0.717) is 45.2 Å². The summed E-state index contributed by atoms with van der Waals surface area (Å²) < 4.78 is 17.7. The third-order valence-corrected chi connectivity index (χ3v) is 2.61. The lowest BCUT2D eigenvalue weighted by Gasteiger charge is -2.26. The molecule has 1 N–H and O–H groups in total. The summed E-state index contributed by atoms with van der Waals surface area (Å²) in [7, 11) is 0. The molecule has 1 aliphatic heterocycles. The predicted molar refractivity (Wildman–Crippen MR) is 62.5 cm³/mol. The fourth-order valence-electron chi connectivity index (χ4n) is 1.66. The SMILES string of the molecule is O=C(CCNc1ncc(F)cn1)N1CCOCC1. The van der Waals surface area contributed by atoms with Crippen LogP contribution in [-0.2, 0) is 9.53 Å². The van der Waals surface area contributed by atoms with Crippen LogP contribution in [0.1, 0.15) is 6.42 Å². The Morgan fingerprint density at radius 2 is 2.06 bits per heavy atom. The second-order valence-corrected chi connectivity index (χ2v) is 3.89. The molecule has 0 unspecified atom stereocenters. The Balaban J connectivity index is 1.71. The molecular formula is C11H15FN4O2. The van der Waals surface area contributed by atoms with E-state index in [1.54, 1.807) is 4.90 Å². The summed E-state index contributed by atoms with van der Waals surface area (Å²) in [6.07, 6.45) is 2.53. The number of hydrogen-bond acceptors (Lipinski definition) is 5. The van der Waals surface area contributed by atoms with Gasteiger partial charge in [0, 0.05) is 26.1 Å². The molecule has 7 heteroatoms. The van der Waals surface area contributed by atoms with Crippen LogP contribution in [0.4, 0.5) is 10.3 Å². The molecule has 0 aromatic carbocycles. The van der Waals surface area contributed by atoms with Crippen LogP contribution in [0.5, 0.6) is 0 Å². The second kappa shape index (κ2) is 6.25. The summed E-state index contributed by atoms with van der Waals surface area (Å²) in [5.74, 6) is -0.0796. The van der Waals surface area contributed by atoms with E-state index in [1.165, 1.54) is 0 Å². The van der Waals surface area contributed by atoms with E-state index in [1.807, 2.05) is 0 Å². The van der Waals surface area contributed by atoms with Gasteiger partial charge in [-0.15, -0.1) is 0 Å². The molecule has 1 saturated heterocycles. The molecule has 1 aromatic heterocycles. The summed E-state index contributed by atoms with van der Waals surface area (Å²) in [5, 5.41) is 2.87. The Hall–Kier alpha value is -1.76. The number of nitrogens with zero attached hydrogens (tertiary/aromatic N) is 3. The Kier molecular flexibility index (Phi) is 4.40. The fourth-order valence-corrected chi connectivity index (χ4v) is 1.66. The Bertz CT molecular complexity index is 393. The van der Waals surface area contributed by atoms with Gasteiger partial charge < -0.3 is 15.0 Å². The molecule has 1 amide bonds. The summed E-state index contributed by atoms with van der Waals surface area (Å²) in [6.45, 7) is 2.92. The Morgan fingerprint density at radius 1 is 1.39 bits per heavy atom. The van der Waals surface area contributed by atoms with Gasteiger partial charge in [0.05, 0.1) is 25.6 Å². The standard InChI is InChI=1S/C11H15FN4O2/c12-9-7-14-11(15-8-9)13-2-1-10(17)16-3-5-18-6-4-16/h7-8H,1-6H2,(H,13,14,15). The number of rotatable bonds is 4. The first-order chi connectivity index (χ1) is 8.75. The van der Waals surface area contributed by atoms with Crippen molar-refractivity contribution in [2.75, 3.05) is 38.2 Å². The summed E-state index contributed by atoms with van der Waals surface area (Å²) in [5.41, 5.74) is 0. The molecule has 0 bridgehead atoms. The highest BCUT2D eigenvalue weighted by Gasteiger charge is 2.15. The first-order valence-electron chi connectivity index (χ1n) is 5.82. The van der Waals surface area contributed by atoms with E-state index in [9.17, 15) is 9.18 Å². The monoisotopic (exact) mass is 254 g/mol. The molecule has 1 aromatic rings. The average Bonchev–Trinajstić information content (AvgIpc) is 2.42. The van der Waals surface area contributed by atoms with Crippen molar-refractivity contribution in [2.45, 2.75) is 6.42 Å².